The van der Waals surface area contributed by atoms with E-state index in [9.17, 15) is 0 Å². The van der Waals surface area contributed by atoms with Crippen molar-refractivity contribution in [2.45, 2.75) is 25.7 Å². The second kappa shape index (κ2) is 11.3. The molecule has 0 unspecified atom stereocenters. The van der Waals surface area contributed by atoms with Crippen molar-refractivity contribution in [1.29, 1.82) is 0 Å². The van der Waals surface area contributed by atoms with Crippen LogP contribution in [0.3, 0.4) is 0 Å². The van der Waals surface area contributed by atoms with E-state index in [1.165, 1.54) is 99.8 Å². The highest BCUT2D eigenvalue weighted by Crippen LogP contribution is 2.40. The smallest absolute Gasteiger partial charge is 0.0543 e. The summed E-state index contributed by atoms with van der Waals surface area (Å²) in [5.41, 5.74) is 18.0. The minimum absolute atomic E-state index is 1.04. The molecule has 11 rings (SSSR count). The number of rotatable bonds is 4. The molecule has 9 aromatic rings. The molecule has 52 heavy (non-hydrogen) atoms. The van der Waals surface area contributed by atoms with Crippen LogP contribution in [0, 0.1) is 0 Å². The lowest BCUT2D eigenvalue weighted by Gasteiger charge is -2.14. The summed E-state index contributed by atoms with van der Waals surface area (Å²) in [5.74, 6) is 0. The Morgan fingerprint density at radius 1 is 0.404 bits per heavy atom. The fraction of sp³-hybridized carbons (Fsp3) is 0.102. The summed E-state index contributed by atoms with van der Waals surface area (Å²) in [6.07, 6.45) is 13.5. The van der Waals surface area contributed by atoms with E-state index in [1.807, 2.05) is 0 Å². The van der Waals surface area contributed by atoms with E-state index in [0.29, 0.717) is 0 Å². The molecule has 3 heteroatoms. The molecule has 2 aliphatic rings. The van der Waals surface area contributed by atoms with Crippen LogP contribution in [0.25, 0.3) is 89.4 Å². The summed E-state index contributed by atoms with van der Waals surface area (Å²) >= 11 is 0. The third-order valence-electron chi connectivity index (χ3n) is 11.6. The Labute approximate surface area is 303 Å². The lowest BCUT2D eigenvalue weighted by Crippen LogP contribution is -2.03. The highest BCUT2D eigenvalue weighted by molar-refractivity contribution is 6.09. The molecule has 0 fully saturated rings. The zero-order valence-corrected chi connectivity index (χ0v) is 29.2. The van der Waals surface area contributed by atoms with Gasteiger partial charge in [0.2, 0.25) is 0 Å². The molecule has 0 saturated carbocycles. The number of aromatic nitrogens is 3. The Hall–Kier alpha value is -6.32. The first-order valence-electron chi connectivity index (χ1n) is 18.5. The van der Waals surface area contributed by atoms with Crippen LogP contribution in [-0.4, -0.2) is 13.7 Å². The Morgan fingerprint density at radius 3 is 1.31 bits per heavy atom. The quantitative estimate of drug-likeness (QED) is 0.177. The van der Waals surface area contributed by atoms with Gasteiger partial charge in [-0.15, -0.1) is 0 Å². The standard InChI is InChI=1S/C49H37N3/c1-50-46-30-36(51-44-18-10-8-16-38(44)42-24-20-34(28-48(42)51)32-12-4-2-5-13-32)22-26-40(46)41-27-23-37(31-47(41)50)52-45-19-11-9-17-39(45)43-25-21-35(29-49(43)52)33-14-6-3-7-15-33/h2-9,12-17,20-31H,10-11,18-19H2,1H3. The van der Waals surface area contributed by atoms with Crippen molar-refractivity contribution in [2.24, 2.45) is 7.05 Å². The van der Waals surface area contributed by atoms with Gasteiger partial charge in [0, 0.05) is 62.5 Å². The number of hydrogen-bond acceptors (Lipinski definition) is 0. The van der Waals surface area contributed by atoms with E-state index in [2.05, 4.69) is 179 Å². The van der Waals surface area contributed by atoms with E-state index in [4.69, 9.17) is 0 Å². The summed E-state index contributed by atoms with van der Waals surface area (Å²) in [7, 11) is 2.23. The maximum Gasteiger partial charge on any atom is 0.0543 e. The molecule has 0 aliphatic heterocycles. The number of fused-ring (bicyclic) bond motifs is 9. The fourth-order valence-electron chi connectivity index (χ4n) is 9.11. The predicted molar refractivity (Wildman–Crippen MR) is 220 cm³/mol. The molecule has 0 amide bonds. The summed E-state index contributed by atoms with van der Waals surface area (Å²) in [4.78, 5) is 0. The Balaban J connectivity index is 1.09. The molecule has 0 atom stereocenters. The van der Waals surface area contributed by atoms with Crippen LogP contribution in [-0.2, 0) is 19.9 Å². The first-order valence-corrected chi connectivity index (χ1v) is 18.5. The van der Waals surface area contributed by atoms with Crippen LogP contribution in [0.5, 0.6) is 0 Å². The maximum absolute atomic E-state index is 2.53. The van der Waals surface area contributed by atoms with Gasteiger partial charge in [-0.25, -0.2) is 0 Å². The van der Waals surface area contributed by atoms with Crippen molar-refractivity contribution in [2.75, 3.05) is 0 Å². The van der Waals surface area contributed by atoms with E-state index < -0.39 is 0 Å². The van der Waals surface area contributed by atoms with Gasteiger partial charge in [0.25, 0.3) is 0 Å². The fourth-order valence-corrected chi connectivity index (χ4v) is 9.11. The molecule has 3 heterocycles. The minimum atomic E-state index is 1.04. The molecular weight excluding hydrogens is 631 g/mol. The van der Waals surface area contributed by atoms with Crippen LogP contribution in [0.4, 0.5) is 0 Å². The SMILES string of the molecule is Cn1c2cc(-n3c4c(c5ccc(-c6ccccc6)cc53)C=CCC4)ccc2c2ccc(-n3c4c(c5ccc(-c6ccccc6)cc53)C=CCC4)cc21. The molecule has 3 aromatic heterocycles. The summed E-state index contributed by atoms with van der Waals surface area (Å²) in [6.45, 7) is 0. The van der Waals surface area contributed by atoms with Crippen molar-refractivity contribution in [3.63, 3.8) is 0 Å². The highest BCUT2D eigenvalue weighted by Gasteiger charge is 2.22. The van der Waals surface area contributed by atoms with Crippen molar-refractivity contribution in [3.05, 3.63) is 168 Å². The molecule has 0 spiro atoms. The van der Waals surface area contributed by atoms with Crippen LogP contribution in [0.15, 0.2) is 146 Å². The van der Waals surface area contributed by atoms with Gasteiger partial charge in [0.15, 0.2) is 0 Å². The molecule has 0 bridgehead atoms. The minimum Gasteiger partial charge on any atom is -0.343 e. The monoisotopic (exact) mass is 667 g/mol. The molecule has 6 aromatic carbocycles. The highest BCUT2D eigenvalue weighted by atomic mass is 15.0. The molecule has 2 aliphatic carbocycles. The van der Waals surface area contributed by atoms with E-state index in [0.717, 1.165) is 25.7 Å². The molecule has 248 valence electrons. The Morgan fingerprint density at radius 2 is 0.846 bits per heavy atom. The average Bonchev–Trinajstić information content (AvgIpc) is 3.82. The van der Waals surface area contributed by atoms with Crippen molar-refractivity contribution >= 4 is 55.8 Å². The van der Waals surface area contributed by atoms with Crippen LogP contribution in [0.2, 0.25) is 0 Å². The second-order valence-corrected chi connectivity index (χ2v) is 14.4. The summed E-state index contributed by atoms with van der Waals surface area (Å²) in [5, 5.41) is 5.22. The summed E-state index contributed by atoms with van der Waals surface area (Å²) < 4.78 is 7.46. The van der Waals surface area contributed by atoms with E-state index in [-0.39, 0.29) is 0 Å². The zero-order valence-electron chi connectivity index (χ0n) is 29.2. The van der Waals surface area contributed by atoms with Gasteiger partial charge in [-0.1, -0.05) is 121 Å². The van der Waals surface area contributed by atoms with Crippen molar-refractivity contribution in [3.8, 4) is 33.6 Å². The van der Waals surface area contributed by atoms with Crippen LogP contribution >= 0.6 is 0 Å². The third kappa shape index (κ3) is 4.32. The lowest BCUT2D eigenvalue weighted by molar-refractivity contribution is 0.887. The number of benzene rings is 6. The summed E-state index contributed by atoms with van der Waals surface area (Å²) in [6, 6.07) is 49.6. The Bertz CT molecular complexity index is 2750. The van der Waals surface area contributed by atoms with Crippen LogP contribution < -0.4 is 0 Å². The number of allylic oxidation sites excluding steroid dienone is 2. The normalized spacial score (nSPS) is 13.8. The molecule has 0 radical (unpaired) electrons. The molecule has 3 nitrogen and oxygen atoms in total. The largest absolute Gasteiger partial charge is 0.343 e. The van der Waals surface area contributed by atoms with Crippen LogP contribution in [0.1, 0.15) is 35.4 Å². The first-order chi connectivity index (χ1) is 25.7. The van der Waals surface area contributed by atoms with Gasteiger partial charge in [0.05, 0.1) is 22.1 Å². The van der Waals surface area contributed by atoms with Gasteiger partial charge < -0.3 is 13.7 Å². The predicted octanol–water partition coefficient (Wildman–Crippen LogP) is 12.5. The second-order valence-electron chi connectivity index (χ2n) is 14.4. The number of hydrogen-bond donors (Lipinski definition) is 0. The van der Waals surface area contributed by atoms with Gasteiger partial charge >= 0.3 is 0 Å². The molecular formula is C49H37N3. The van der Waals surface area contributed by atoms with Gasteiger partial charge in [-0.2, -0.15) is 0 Å². The van der Waals surface area contributed by atoms with Crippen molar-refractivity contribution < 1.29 is 0 Å². The third-order valence-corrected chi connectivity index (χ3v) is 11.6. The number of aryl methyl sites for hydroxylation is 1. The zero-order chi connectivity index (χ0) is 34.3. The van der Waals surface area contributed by atoms with Gasteiger partial charge in [0.1, 0.15) is 0 Å². The van der Waals surface area contributed by atoms with Gasteiger partial charge in [-0.05, 0) is 84.3 Å². The molecule has 0 saturated heterocycles. The Kier molecular flexibility index (Phi) is 6.42. The molecule has 0 N–H and O–H groups in total. The van der Waals surface area contributed by atoms with E-state index in [1.54, 1.807) is 0 Å². The van der Waals surface area contributed by atoms with Crippen molar-refractivity contribution in [1.82, 2.24) is 13.7 Å². The first kappa shape index (κ1) is 29.4. The average molecular weight is 668 g/mol. The lowest BCUT2D eigenvalue weighted by atomic mass is 10.00. The maximum atomic E-state index is 2.53. The van der Waals surface area contributed by atoms with Gasteiger partial charge in [-0.3, -0.25) is 0 Å². The number of nitrogens with zero attached hydrogens (tertiary/aromatic N) is 3. The van der Waals surface area contributed by atoms with E-state index >= 15 is 0 Å². The topological polar surface area (TPSA) is 14.8 Å².